The fraction of sp³-hybridized carbons (Fsp3) is 0.214. The lowest BCUT2D eigenvalue weighted by Gasteiger charge is -2.20. The first kappa shape index (κ1) is 19.3. The summed E-state index contributed by atoms with van der Waals surface area (Å²) in [6.07, 6.45) is -9.70. The minimum atomic E-state index is -5.30. The predicted molar refractivity (Wildman–Crippen MR) is 75.9 cm³/mol. The summed E-state index contributed by atoms with van der Waals surface area (Å²) in [7, 11) is 1.22. The molecule has 0 saturated heterocycles. The van der Waals surface area contributed by atoms with E-state index in [1.807, 2.05) is 0 Å². The Kier molecular flexibility index (Phi) is 4.90. The molecule has 0 N–H and O–H groups in total. The number of hydrogen-bond donors (Lipinski definition) is 0. The molecule has 2 aromatic rings. The van der Waals surface area contributed by atoms with E-state index in [1.54, 1.807) is 0 Å². The highest BCUT2D eigenvalue weighted by Gasteiger charge is 2.43. The van der Waals surface area contributed by atoms with Crippen LogP contribution in [0.4, 0.5) is 30.7 Å². The molecular weight excluding hydrogens is 427 g/mol. The number of halogens is 8. The molecule has 0 bridgehead atoms. The van der Waals surface area contributed by atoms with Gasteiger partial charge >= 0.3 is 12.4 Å². The van der Waals surface area contributed by atoms with Crippen molar-refractivity contribution in [1.82, 2.24) is 4.57 Å². The van der Waals surface area contributed by atoms with E-state index in [0.717, 1.165) is 16.8 Å². The van der Waals surface area contributed by atoms with E-state index >= 15 is 0 Å². The van der Waals surface area contributed by atoms with Gasteiger partial charge < -0.3 is 9.30 Å². The molecular formula is C14H7BrF7NO2. The number of aryl methyl sites for hydroxylation is 1. The number of ether oxygens (including phenoxy) is 1. The number of rotatable bonds is 2. The van der Waals surface area contributed by atoms with Crippen molar-refractivity contribution in [2.75, 3.05) is 0 Å². The maximum absolute atomic E-state index is 13.3. The van der Waals surface area contributed by atoms with E-state index in [4.69, 9.17) is 4.74 Å². The number of nitrogens with zero attached hydrogens (tertiary/aromatic N) is 1. The van der Waals surface area contributed by atoms with E-state index in [2.05, 4.69) is 15.9 Å². The van der Waals surface area contributed by atoms with Crippen LogP contribution < -0.4 is 10.3 Å². The SMILES string of the molecule is Cn1cc(Oc2c(C(F)(F)F)cc(F)cc2C(F)(F)F)c(Br)cc1=O. The highest BCUT2D eigenvalue weighted by atomic mass is 79.9. The van der Waals surface area contributed by atoms with Crippen molar-refractivity contribution in [3.63, 3.8) is 0 Å². The van der Waals surface area contributed by atoms with Gasteiger partial charge in [0.25, 0.3) is 5.56 Å². The summed E-state index contributed by atoms with van der Waals surface area (Å²) < 4.78 is 97.2. The fourth-order valence-electron chi connectivity index (χ4n) is 1.89. The third kappa shape index (κ3) is 4.14. The van der Waals surface area contributed by atoms with Gasteiger partial charge in [-0.25, -0.2) is 4.39 Å². The number of alkyl halides is 6. The van der Waals surface area contributed by atoms with Crippen LogP contribution in [0.1, 0.15) is 11.1 Å². The molecule has 1 aromatic carbocycles. The average molecular weight is 434 g/mol. The molecule has 0 radical (unpaired) electrons. The van der Waals surface area contributed by atoms with Crippen molar-refractivity contribution in [1.29, 1.82) is 0 Å². The Labute approximate surface area is 143 Å². The van der Waals surface area contributed by atoms with Crippen LogP contribution in [-0.4, -0.2) is 4.57 Å². The monoisotopic (exact) mass is 433 g/mol. The van der Waals surface area contributed by atoms with Gasteiger partial charge in [-0.3, -0.25) is 4.79 Å². The molecule has 1 aromatic heterocycles. The third-order valence-electron chi connectivity index (χ3n) is 3.02. The summed E-state index contributed by atoms with van der Waals surface area (Å²) in [5.41, 5.74) is -4.44. The van der Waals surface area contributed by atoms with Crippen LogP contribution in [0.3, 0.4) is 0 Å². The van der Waals surface area contributed by atoms with Gasteiger partial charge in [0.2, 0.25) is 0 Å². The molecule has 0 aliphatic heterocycles. The van der Waals surface area contributed by atoms with Crippen molar-refractivity contribution >= 4 is 15.9 Å². The Hall–Kier alpha value is -2.04. The summed E-state index contributed by atoms with van der Waals surface area (Å²) in [4.78, 5) is 11.4. The van der Waals surface area contributed by atoms with Crippen LogP contribution in [0.25, 0.3) is 0 Å². The van der Waals surface area contributed by atoms with Crippen molar-refractivity contribution in [2.24, 2.45) is 7.05 Å². The molecule has 136 valence electrons. The number of pyridine rings is 1. The van der Waals surface area contributed by atoms with Gasteiger partial charge in [0.05, 0.1) is 10.7 Å². The van der Waals surface area contributed by atoms with Gasteiger partial charge in [0.1, 0.15) is 16.9 Å². The summed E-state index contributed by atoms with van der Waals surface area (Å²) in [5, 5.41) is 0. The maximum Gasteiger partial charge on any atom is 0.420 e. The number of aromatic nitrogens is 1. The molecule has 0 atom stereocenters. The first-order chi connectivity index (χ1) is 11.3. The zero-order valence-corrected chi connectivity index (χ0v) is 13.7. The molecule has 0 spiro atoms. The van der Waals surface area contributed by atoms with Crippen LogP contribution >= 0.6 is 15.9 Å². The van der Waals surface area contributed by atoms with Crippen LogP contribution in [0.5, 0.6) is 11.5 Å². The highest BCUT2D eigenvalue weighted by molar-refractivity contribution is 9.10. The van der Waals surface area contributed by atoms with E-state index in [9.17, 15) is 35.5 Å². The Morgan fingerprint density at radius 2 is 1.48 bits per heavy atom. The zero-order chi connectivity index (χ0) is 19.2. The van der Waals surface area contributed by atoms with Crippen LogP contribution in [0.2, 0.25) is 0 Å². The molecule has 0 saturated carbocycles. The second-order valence-corrected chi connectivity index (χ2v) is 5.72. The quantitative estimate of drug-likeness (QED) is 0.615. The molecule has 2 rings (SSSR count). The maximum atomic E-state index is 13.3. The topological polar surface area (TPSA) is 31.2 Å². The van der Waals surface area contributed by atoms with E-state index < -0.39 is 46.4 Å². The van der Waals surface area contributed by atoms with Gasteiger partial charge in [-0.2, -0.15) is 26.3 Å². The van der Waals surface area contributed by atoms with Crippen molar-refractivity contribution in [2.45, 2.75) is 12.4 Å². The first-order valence-electron chi connectivity index (χ1n) is 6.32. The molecule has 11 heteroatoms. The molecule has 1 heterocycles. The van der Waals surface area contributed by atoms with Crippen LogP contribution in [-0.2, 0) is 19.4 Å². The Morgan fingerprint density at radius 1 is 1.00 bits per heavy atom. The minimum absolute atomic E-state index is 0.0968. The Bertz CT molecular complexity index is 836. The molecule has 0 aliphatic carbocycles. The fourth-order valence-corrected chi connectivity index (χ4v) is 2.27. The highest BCUT2D eigenvalue weighted by Crippen LogP contribution is 2.46. The smallest absolute Gasteiger partial charge is 0.420 e. The van der Waals surface area contributed by atoms with E-state index in [1.165, 1.54) is 7.05 Å². The van der Waals surface area contributed by atoms with Crippen molar-refractivity contribution in [3.8, 4) is 11.5 Å². The summed E-state index contributed by atoms with van der Waals surface area (Å²) in [5.74, 6) is -3.81. The molecule has 0 aliphatic rings. The summed E-state index contributed by atoms with van der Waals surface area (Å²) in [6, 6.07) is 0.709. The number of hydrogen-bond acceptors (Lipinski definition) is 2. The molecule has 0 amide bonds. The van der Waals surface area contributed by atoms with E-state index in [0.29, 0.717) is 0 Å². The predicted octanol–water partition coefficient (Wildman–Crippen LogP) is 5.12. The molecule has 25 heavy (non-hydrogen) atoms. The second-order valence-electron chi connectivity index (χ2n) is 4.86. The molecule has 3 nitrogen and oxygen atoms in total. The summed E-state index contributed by atoms with van der Waals surface area (Å²) >= 11 is 2.83. The van der Waals surface area contributed by atoms with Crippen molar-refractivity contribution in [3.05, 3.63) is 56.2 Å². The largest absolute Gasteiger partial charge is 0.453 e. The molecule has 0 fully saturated rings. The van der Waals surface area contributed by atoms with Gasteiger partial charge in [-0.05, 0) is 28.1 Å². The lowest BCUT2D eigenvalue weighted by molar-refractivity contribution is -0.145. The summed E-state index contributed by atoms with van der Waals surface area (Å²) in [6.45, 7) is 0. The van der Waals surface area contributed by atoms with E-state index in [-0.39, 0.29) is 16.6 Å². The lowest BCUT2D eigenvalue weighted by atomic mass is 10.1. The van der Waals surface area contributed by atoms with Gasteiger partial charge in [-0.1, -0.05) is 0 Å². The number of benzene rings is 1. The first-order valence-corrected chi connectivity index (χ1v) is 7.12. The van der Waals surface area contributed by atoms with Gasteiger partial charge in [0, 0.05) is 13.1 Å². The van der Waals surface area contributed by atoms with Crippen molar-refractivity contribution < 1.29 is 35.5 Å². The second kappa shape index (κ2) is 6.36. The average Bonchev–Trinajstić information content (AvgIpc) is 2.43. The normalized spacial score (nSPS) is 12.4. The van der Waals surface area contributed by atoms with Gasteiger partial charge in [0.15, 0.2) is 11.5 Å². The minimum Gasteiger partial charge on any atom is -0.453 e. The Morgan fingerprint density at radius 3 is 1.92 bits per heavy atom. The molecule has 0 unspecified atom stereocenters. The van der Waals surface area contributed by atoms with Gasteiger partial charge in [-0.15, -0.1) is 0 Å². The standard InChI is InChI=1S/C14H7BrF7NO2/c1-23-5-10(9(15)4-11(23)24)25-12-7(13(17,18)19)2-6(16)3-8(12)14(20,21)22/h2-5H,1H3. The Balaban J connectivity index is 2.75. The lowest BCUT2D eigenvalue weighted by Crippen LogP contribution is -2.17. The zero-order valence-electron chi connectivity index (χ0n) is 12.1. The third-order valence-corrected chi connectivity index (χ3v) is 3.64. The van der Waals surface area contributed by atoms with Crippen LogP contribution in [0, 0.1) is 5.82 Å². The van der Waals surface area contributed by atoms with Crippen LogP contribution in [0.15, 0.2) is 33.7 Å².